The van der Waals surface area contributed by atoms with E-state index in [9.17, 15) is 17.6 Å². The van der Waals surface area contributed by atoms with Gasteiger partial charge in [-0.15, -0.1) is 19.0 Å². The lowest BCUT2D eigenvalue weighted by Crippen LogP contribution is -2.44. The molecular weight excluding hydrogens is 308 g/mol. The van der Waals surface area contributed by atoms with Crippen molar-refractivity contribution >= 4 is 12.4 Å². The molecule has 0 bridgehead atoms. The van der Waals surface area contributed by atoms with Crippen LogP contribution in [0.1, 0.15) is 17.2 Å². The lowest BCUT2D eigenvalue weighted by molar-refractivity contribution is -0.137. The van der Waals surface area contributed by atoms with E-state index in [4.69, 9.17) is 0 Å². The summed E-state index contributed by atoms with van der Waals surface area (Å²) in [6.07, 6.45) is -2.98. The molecular formula is C14H17ClF4N2. The molecule has 0 amide bonds. The fourth-order valence-electron chi connectivity index (χ4n) is 2.38. The first-order chi connectivity index (χ1) is 9.43. The molecule has 21 heavy (non-hydrogen) atoms. The Labute approximate surface area is 127 Å². The summed E-state index contributed by atoms with van der Waals surface area (Å²) in [7, 11) is 0. The van der Waals surface area contributed by atoms with E-state index in [1.165, 1.54) is 6.08 Å². The summed E-state index contributed by atoms with van der Waals surface area (Å²) in [5, 5.41) is 3.15. The third-order valence-electron chi connectivity index (χ3n) is 3.41. The second kappa shape index (κ2) is 7.24. The lowest BCUT2D eigenvalue weighted by atomic mass is 10.0. The standard InChI is InChI=1S/C14H16F4N2.ClH/c1-2-13(20-7-5-19-6-8-20)11-9-10(14(16,17)18)3-4-12(11)15;/h2-4,9,13,19H,1,5-8H2;1H/t13-;/m0./s1. The zero-order valence-electron chi connectivity index (χ0n) is 11.3. The van der Waals surface area contributed by atoms with Crippen LogP contribution in [-0.2, 0) is 6.18 Å². The van der Waals surface area contributed by atoms with Gasteiger partial charge >= 0.3 is 6.18 Å². The van der Waals surface area contributed by atoms with Crippen LogP contribution in [0, 0.1) is 5.82 Å². The van der Waals surface area contributed by atoms with E-state index in [-0.39, 0.29) is 18.0 Å². The van der Waals surface area contributed by atoms with Crippen molar-refractivity contribution in [3.8, 4) is 0 Å². The zero-order valence-corrected chi connectivity index (χ0v) is 12.1. The van der Waals surface area contributed by atoms with Crippen molar-refractivity contribution in [2.45, 2.75) is 12.2 Å². The van der Waals surface area contributed by atoms with E-state index in [0.717, 1.165) is 31.3 Å². The Kier molecular flexibility index (Phi) is 6.19. The molecule has 0 saturated carbocycles. The quantitative estimate of drug-likeness (QED) is 0.677. The highest BCUT2D eigenvalue weighted by atomic mass is 35.5. The number of piperazine rings is 1. The van der Waals surface area contributed by atoms with Gasteiger partial charge in [-0.05, 0) is 18.2 Å². The van der Waals surface area contributed by atoms with E-state index in [1.807, 2.05) is 4.90 Å². The molecule has 2 rings (SSSR count). The van der Waals surface area contributed by atoms with Gasteiger partial charge in [-0.3, -0.25) is 4.90 Å². The molecule has 1 aromatic rings. The molecule has 0 radical (unpaired) electrons. The SMILES string of the molecule is C=C[C@@H](c1cc(C(F)(F)F)ccc1F)N1CCNCC1.Cl. The molecule has 1 saturated heterocycles. The number of benzene rings is 1. The third-order valence-corrected chi connectivity index (χ3v) is 3.41. The maximum Gasteiger partial charge on any atom is 0.416 e. The van der Waals surface area contributed by atoms with Gasteiger partial charge < -0.3 is 5.32 Å². The minimum Gasteiger partial charge on any atom is -0.314 e. The first-order valence-corrected chi connectivity index (χ1v) is 6.37. The second-order valence-corrected chi connectivity index (χ2v) is 4.70. The minimum atomic E-state index is -4.47. The van der Waals surface area contributed by atoms with Crippen LogP contribution in [0.25, 0.3) is 0 Å². The molecule has 0 aromatic heterocycles. The number of hydrogen-bond donors (Lipinski definition) is 1. The van der Waals surface area contributed by atoms with E-state index >= 15 is 0 Å². The summed E-state index contributed by atoms with van der Waals surface area (Å²) in [4.78, 5) is 1.92. The van der Waals surface area contributed by atoms with Gasteiger partial charge in [0.15, 0.2) is 0 Å². The Morgan fingerprint density at radius 2 is 1.86 bits per heavy atom. The topological polar surface area (TPSA) is 15.3 Å². The monoisotopic (exact) mass is 324 g/mol. The van der Waals surface area contributed by atoms with Crippen LogP contribution in [0.15, 0.2) is 30.9 Å². The number of alkyl halides is 3. The Morgan fingerprint density at radius 3 is 2.38 bits per heavy atom. The Hall–Kier alpha value is -1.11. The van der Waals surface area contributed by atoms with E-state index < -0.39 is 23.6 Å². The first-order valence-electron chi connectivity index (χ1n) is 6.37. The van der Waals surface area contributed by atoms with Gasteiger partial charge in [0.1, 0.15) is 5.82 Å². The summed E-state index contributed by atoms with van der Waals surface area (Å²) in [6, 6.07) is 1.97. The minimum absolute atomic E-state index is 0. The molecule has 1 aliphatic rings. The van der Waals surface area contributed by atoms with Crippen LogP contribution < -0.4 is 5.32 Å². The Bertz CT molecular complexity index is 484. The largest absolute Gasteiger partial charge is 0.416 e. The number of nitrogens with one attached hydrogen (secondary N) is 1. The van der Waals surface area contributed by atoms with E-state index in [0.29, 0.717) is 13.1 Å². The summed E-state index contributed by atoms with van der Waals surface area (Å²) >= 11 is 0. The highest BCUT2D eigenvalue weighted by Crippen LogP contribution is 2.33. The fraction of sp³-hybridized carbons (Fsp3) is 0.429. The summed E-state index contributed by atoms with van der Waals surface area (Å²) < 4.78 is 52.1. The van der Waals surface area contributed by atoms with Gasteiger partial charge in [0, 0.05) is 31.7 Å². The average molecular weight is 325 g/mol. The van der Waals surface area contributed by atoms with Crippen molar-refractivity contribution in [3.05, 3.63) is 47.8 Å². The van der Waals surface area contributed by atoms with Crippen molar-refractivity contribution < 1.29 is 17.6 Å². The van der Waals surface area contributed by atoms with Crippen molar-refractivity contribution in [1.29, 1.82) is 0 Å². The lowest BCUT2D eigenvalue weighted by Gasteiger charge is -2.33. The average Bonchev–Trinajstić information content (AvgIpc) is 2.41. The smallest absolute Gasteiger partial charge is 0.314 e. The maximum atomic E-state index is 13.9. The normalized spacial score (nSPS) is 17.9. The summed E-state index contributed by atoms with van der Waals surface area (Å²) in [5.41, 5.74) is -0.812. The van der Waals surface area contributed by atoms with Gasteiger partial charge in [-0.1, -0.05) is 6.08 Å². The predicted octanol–water partition coefficient (Wildman–Crippen LogP) is 3.40. The highest BCUT2D eigenvalue weighted by Gasteiger charge is 2.32. The van der Waals surface area contributed by atoms with Gasteiger partial charge in [0.2, 0.25) is 0 Å². The second-order valence-electron chi connectivity index (χ2n) is 4.70. The molecule has 0 aliphatic carbocycles. The zero-order chi connectivity index (χ0) is 14.8. The molecule has 1 fully saturated rings. The van der Waals surface area contributed by atoms with Crippen LogP contribution in [0.2, 0.25) is 0 Å². The van der Waals surface area contributed by atoms with E-state index in [2.05, 4.69) is 11.9 Å². The molecule has 118 valence electrons. The molecule has 1 N–H and O–H groups in total. The number of hydrogen-bond acceptors (Lipinski definition) is 2. The van der Waals surface area contributed by atoms with Crippen LogP contribution >= 0.6 is 12.4 Å². The predicted molar refractivity (Wildman–Crippen MR) is 76.0 cm³/mol. The van der Waals surface area contributed by atoms with Gasteiger partial charge in [-0.25, -0.2) is 4.39 Å². The number of rotatable bonds is 3. The van der Waals surface area contributed by atoms with Gasteiger partial charge in [0.05, 0.1) is 11.6 Å². The first kappa shape index (κ1) is 17.9. The molecule has 0 spiro atoms. The van der Waals surface area contributed by atoms with E-state index in [1.54, 1.807) is 0 Å². The molecule has 0 unspecified atom stereocenters. The van der Waals surface area contributed by atoms with Crippen LogP contribution in [0.5, 0.6) is 0 Å². The van der Waals surface area contributed by atoms with Crippen LogP contribution in [-0.4, -0.2) is 31.1 Å². The molecule has 7 heteroatoms. The fourth-order valence-corrected chi connectivity index (χ4v) is 2.38. The van der Waals surface area contributed by atoms with Crippen molar-refractivity contribution in [1.82, 2.24) is 10.2 Å². The number of halogens is 5. The van der Waals surface area contributed by atoms with Gasteiger partial charge in [0.25, 0.3) is 0 Å². The Morgan fingerprint density at radius 1 is 1.24 bits per heavy atom. The summed E-state index contributed by atoms with van der Waals surface area (Å²) in [5.74, 6) is -0.638. The highest BCUT2D eigenvalue weighted by molar-refractivity contribution is 5.85. The molecule has 2 nitrogen and oxygen atoms in total. The molecule has 1 heterocycles. The van der Waals surface area contributed by atoms with Gasteiger partial charge in [-0.2, -0.15) is 13.2 Å². The maximum absolute atomic E-state index is 13.9. The van der Waals surface area contributed by atoms with Crippen molar-refractivity contribution in [3.63, 3.8) is 0 Å². The molecule has 1 aliphatic heterocycles. The van der Waals surface area contributed by atoms with Crippen molar-refractivity contribution in [2.24, 2.45) is 0 Å². The Balaban J connectivity index is 0.00000220. The van der Waals surface area contributed by atoms with Crippen LogP contribution in [0.4, 0.5) is 17.6 Å². The number of nitrogens with zero attached hydrogens (tertiary/aromatic N) is 1. The third kappa shape index (κ3) is 4.18. The molecule has 1 atom stereocenters. The molecule has 1 aromatic carbocycles. The summed E-state index contributed by atoms with van der Waals surface area (Å²) in [6.45, 7) is 6.38. The van der Waals surface area contributed by atoms with Crippen LogP contribution in [0.3, 0.4) is 0 Å². The van der Waals surface area contributed by atoms with Crippen molar-refractivity contribution in [2.75, 3.05) is 26.2 Å².